The van der Waals surface area contributed by atoms with Gasteiger partial charge in [-0.15, -0.1) is 49.6 Å². The largest absolute Gasteiger partial charge is 0.351 e. The molecule has 8 atom stereocenters. The Morgan fingerprint density at radius 3 is 0.583 bits per heavy atom. The molecule has 8 unspecified atom stereocenters. The summed E-state index contributed by atoms with van der Waals surface area (Å²) in [5.41, 5.74) is 5.27. The highest BCUT2D eigenvalue weighted by Gasteiger charge is 2.36. The van der Waals surface area contributed by atoms with Gasteiger partial charge in [-0.3, -0.25) is 21.6 Å². The van der Waals surface area contributed by atoms with Gasteiger partial charge >= 0.3 is 0 Å². The zero-order valence-corrected chi connectivity index (χ0v) is 41.8. The van der Waals surface area contributed by atoms with Gasteiger partial charge in [-0.2, -0.15) is 0 Å². The van der Waals surface area contributed by atoms with Gasteiger partial charge in [-0.25, -0.2) is 0 Å². The van der Waals surface area contributed by atoms with E-state index < -0.39 is 0 Å². The third-order valence-corrected chi connectivity index (χ3v) is 16.7. The zero-order valence-electron chi connectivity index (χ0n) is 35.2. The number of thioether (sulfide) groups is 4. The highest BCUT2D eigenvalue weighted by atomic mass is 35.5. The number of likely N-dealkylation sites (N-methyl/N-ethyl adjacent to an activating group) is 4. The van der Waals surface area contributed by atoms with Gasteiger partial charge in [0.15, 0.2) is 20.7 Å². The first kappa shape index (κ1) is 55.3. The number of amidine groups is 4. The summed E-state index contributed by atoms with van der Waals surface area (Å²) in [5, 5.41) is 35.3. The SMILES string of the molecule is CC1C(c2ccccc2)SC(=N)N1C.CC1C(c2ccccc2)SC(=N)N1C.CC1C(c2ccccc2)SC(=N)N1C.CC1C(c2ccccc2)SC(=N)N1C.Cl.Cl.Cl.Cl. The maximum atomic E-state index is 7.75. The fraction of sp³-hybridized carbons (Fsp3) is 0.364. The second kappa shape index (κ2) is 26.1. The Balaban J connectivity index is 0.000000391. The van der Waals surface area contributed by atoms with Crippen molar-refractivity contribution in [2.24, 2.45) is 0 Å². The van der Waals surface area contributed by atoms with Crippen molar-refractivity contribution in [3.63, 3.8) is 0 Å². The van der Waals surface area contributed by atoms with E-state index in [-0.39, 0.29) is 49.6 Å². The molecule has 0 spiro atoms. The number of nitrogens with one attached hydrogen (secondary N) is 4. The lowest BCUT2D eigenvalue weighted by atomic mass is 10.1. The molecule has 328 valence electrons. The van der Waals surface area contributed by atoms with Crippen molar-refractivity contribution in [3.05, 3.63) is 144 Å². The molecule has 16 heteroatoms. The Morgan fingerprint density at radius 2 is 0.467 bits per heavy atom. The smallest absolute Gasteiger partial charge is 0.157 e. The van der Waals surface area contributed by atoms with Crippen molar-refractivity contribution in [2.75, 3.05) is 28.2 Å². The van der Waals surface area contributed by atoms with Gasteiger partial charge in [-0.05, 0) is 49.9 Å². The Morgan fingerprint density at radius 1 is 0.317 bits per heavy atom. The molecular weight excluding hydrogens is 911 g/mol. The van der Waals surface area contributed by atoms with Crippen LogP contribution in [0.4, 0.5) is 0 Å². The normalized spacial score (nSPS) is 25.2. The number of rotatable bonds is 4. The molecule has 4 aliphatic heterocycles. The summed E-state index contributed by atoms with van der Waals surface area (Å²) in [6.45, 7) is 8.69. The standard InChI is InChI=1S/4C11H14N2S.4ClH/c4*1-8-10(14-11(12)13(8)2)9-6-4-3-5-7-9;;;;/h4*3-8,10,12H,1-2H3;4*1H. The average Bonchev–Trinajstić information content (AvgIpc) is 3.85. The molecule has 8 rings (SSSR count). The first-order valence-corrected chi connectivity index (χ1v) is 22.4. The fourth-order valence-electron chi connectivity index (χ4n) is 6.72. The summed E-state index contributed by atoms with van der Waals surface area (Å²) in [5.74, 6) is 0. The van der Waals surface area contributed by atoms with E-state index in [1.807, 2.05) is 72.1 Å². The van der Waals surface area contributed by atoms with Crippen LogP contribution in [0.2, 0.25) is 0 Å². The summed E-state index contributed by atoms with van der Waals surface area (Å²) < 4.78 is 0. The number of hydrogen-bond acceptors (Lipinski definition) is 8. The predicted molar refractivity (Wildman–Crippen MR) is 276 cm³/mol. The van der Waals surface area contributed by atoms with Gasteiger partial charge < -0.3 is 19.6 Å². The molecule has 60 heavy (non-hydrogen) atoms. The summed E-state index contributed by atoms with van der Waals surface area (Å²) in [6, 6.07) is 43.4. The molecule has 0 bridgehead atoms. The molecule has 0 saturated carbocycles. The van der Waals surface area contributed by atoms with Crippen LogP contribution in [0.3, 0.4) is 0 Å². The second-order valence-corrected chi connectivity index (χ2v) is 18.9. The van der Waals surface area contributed by atoms with Crippen LogP contribution in [-0.4, -0.2) is 92.6 Å². The monoisotopic (exact) mass is 968 g/mol. The molecule has 4 saturated heterocycles. The van der Waals surface area contributed by atoms with E-state index in [9.17, 15) is 0 Å². The third-order valence-electron chi connectivity index (χ3n) is 10.9. The van der Waals surface area contributed by atoms with E-state index in [4.69, 9.17) is 21.6 Å². The molecule has 0 amide bonds. The van der Waals surface area contributed by atoms with Crippen molar-refractivity contribution in [1.29, 1.82) is 21.6 Å². The van der Waals surface area contributed by atoms with E-state index in [1.54, 1.807) is 47.0 Å². The van der Waals surface area contributed by atoms with Gasteiger partial charge in [0.05, 0.1) is 21.0 Å². The fourth-order valence-corrected chi connectivity index (χ4v) is 11.7. The number of halogens is 4. The lowest BCUT2D eigenvalue weighted by Gasteiger charge is -2.19. The van der Waals surface area contributed by atoms with E-state index in [2.05, 4.69) is 125 Å². The molecule has 4 aromatic carbocycles. The molecular formula is C44H60Cl4N8S4. The zero-order chi connectivity index (χ0) is 40.5. The van der Waals surface area contributed by atoms with E-state index in [1.165, 1.54) is 22.3 Å². The van der Waals surface area contributed by atoms with Crippen LogP contribution >= 0.6 is 96.7 Å². The van der Waals surface area contributed by atoms with Gasteiger partial charge in [0.25, 0.3) is 0 Å². The molecule has 8 nitrogen and oxygen atoms in total. The third kappa shape index (κ3) is 13.7. The van der Waals surface area contributed by atoms with Crippen LogP contribution in [0.1, 0.15) is 70.9 Å². The Bertz CT molecular complexity index is 1640. The number of benzene rings is 4. The van der Waals surface area contributed by atoms with Gasteiger partial charge in [-0.1, -0.05) is 168 Å². The topological polar surface area (TPSA) is 108 Å². The molecule has 0 aromatic heterocycles. The van der Waals surface area contributed by atoms with Gasteiger partial charge in [0, 0.05) is 52.4 Å². The average molecular weight is 971 g/mol. The Hall–Kier alpha value is -2.68. The van der Waals surface area contributed by atoms with E-state index in [0.29, 0.717) is 65.8 Å². The Labute approximate surface area is 400 Å². The quantitative estimate of drug-likeness (QED) is 0.160. The molecule has 4 aromatic rings. The molecule has 4 heterocycles. The Kier molecular flexibility index (Phi) is 24.0. The molecule has 4 N–H and O–H groups in total. The van der Waals surface area contributed by atoms with Crippen LogP contribution in [0.15, 0.2) is 121 Å². The van der Waals surface area contributed by atoms with Crippen molar-refractivity contribution in [3.8, 4) is 0 Å². The van der Waals surface area contributed by atoms with Crippen molar-refractivity contribution < 1.29 is 0 Å². The maximum absolute atomic E-state index is 7.75. The molecule has 0 aliphatic carbocycles. The van der Waals surface area contributed by atoms with Crippen LogP contribution < -0.4 is 0 Å². The lowest BCUT2D eigenvalue weighted by Crippen LogP contribution is -2.27. The highest BCUT2D eigenvalue weighted by molar-refractivity contribution is 8.15. The summed E-state index contributed by atoms with van der Waals surface area (Å²) in [4.78, 5) is 8.12. The van der Waals surface area contributed by atoms with Crippen molar-refractivity contribution in [2.45, 2.75) is 72.9 Å². The molecule has 0 radical (unpaired) electrons. The highest BCUT2D eigenvalue weighted by Crippen LogP contribution is 2.44. The van der Waals surface area contributed by atoms with Gasteiger partial charge in [0.2, 0.25) is 0 Å². The summed E-state index contributed by atoms with van der Waals surface area (Å²) >= 11 is 6.58. The van der Waals surface area contributed by atoms with Crippen LogP contribution in [0, 0.1) is 21.6 Å². The first-order chi connectivity index (χ1) is 26.8. The van der Waals surface area contributed by atoms with E-state index >= 15 is 0 Å². The van der Waals surface area contributed by atoms with Crippen LogP contribution in [-0.2, 0) is 0 Å². The van der Waals surface area contributed by atoms with Gasteiger partial charge in [0.1, 0.15) is 0 Å². The summed E-state index contributed by atoms with van der Waals surface area (Å²) in [6.07, 6.45) is 0. The predicted octanol–water partition coefficient (Wildman–Crippen LogP) is 12.6. The number of hydrogen-bond donors (Lipinski definition) is 4. The second-order valence-electron chi connectivity index (χ2n) is 14.4. The minimum absolute atomic E-state index is 0. The number of nitrogens with zero attached hydrogens (tertiary/aromatic N) is 4. The summed E-state index contributed by atoms with van der Waals surface area (Å²) in [7, 11) is 7.96. The first-order valence-electron chi connectivity index (χ1n) is 18.9. The minimum Gasteiger partial charge on any atom is -0.351 e. The molecule has 4 fully saturated rings. The maximum Gasteiger partial charge on any atom is 0.157 e. The minimum atomic E-state index is 0. The lowest BCUT2D eigenvalue weighted by molar-refractivity contribution is 0.402. The molecule has 4 aliphatic rings. The van der Waals surface area contributed by atoms with Crippen molar-refractivity contribution in [1.82, 2.24) is 19.6 Å². The van der Waals surface area contributed by atoms with E-state index in [0.717, 1.165) is 0 Å². The van der Waals surface area contributed by atoms with Crippen LogP contribution in [0.5, 0.6) is 0 Å². The van der Waals surface area contributed by atoms with Crippen LogP contribution in [0.25, 0.3) is 0 Å². The van der Waals surface area contributed by atoms with Crippen molar-refractivity contribution >= 4 is 117 Å².